The van der Waals surface area contributed by atoms with Crippen molar-refractivity contribution in [1.29, 1.82) is 0 Å². The van der Waals surface area contributed by atoms with E-state index in [2.05, 4.69) is 5.10 Å². The van der Waals surface area contributed by atoms with Crippen LogP contribution in [0.25, 0.3) is 0 Å². The molecule has 0 atom stereocenters. The first-order valence-electron chi connectivity index (χ1n) is 1.76. The maximum Gasteiger partial charge on any atom is 0.266 e. The predicted molar refractivity (Wildman–Crippen MR) is 22.2 cm³/mol. The lowest BCUT2D eigenvalue weighted by Gasteiger charge is -1.79. The van der Waals surface area contributed by atoms with Gasteiger partial charge >= 0.3 is 0 Å². The third-order valence-electron chi connectivity index (χ3n) is 0.592. The van der Waals surface area contributed by atoms with Crippen LogP contribution < -0.4 is 5.56 Å². The third kappa shape index (κ3) is 0.623. The Labute approximate surface area is 38.9 Å². The fraction of sp³-hybridized carbons (Fsp3) is 0. The van der Waals surface area contributed by atoms with E-state index in [1.807, 2.05) is 0 Å². The summed E-state index contributed by atoms with van der Waals surface area (Å²) in [6.07, 6.45) is 1.22. The lowest BCUT2D eigenvalue weighted by Crippen LogP contribution is -2.00. The first-order chi connectivity index (χ1) is 3.29. The zero-order valence-electron chi connectivity index (χ0n) is 3.46. The Kier molecular flexibility index (Phi) is 0.651. The number of nitrogens with zero attached hydrogens (tertiary/aromatic N) is 1. The number of hydrogen-bond acceptors (Lipinski definition) is 2. The summed E-state index contributed by atoms with van der Waals surface area (Å²) in [4.78, 5) is 10.7. The van der Waals surface area contributed by atoms with Crippen LogP contribution in [0.3, 0.4) is 0 Å². The minimum atomic E-state index is -0.303. The number of rotatable bonds is 0. The molecular weight excluding hydrogens is 96.0 g/mol. The van der Waals surface area contributed by atoms with Crippen LogP contribution in [0.4, 0.5) is 0 Å². The largest absolute Gasteiger partial charge is 0.413 e. The molecule has 1 aromatic heterocycles. The molecule has 0 bridgehead atoms. The molecule has 4 nitrogen and oxygen atoms in total. The van der Waals surface area contributed by atoms with Crippen LogP contribution in [0.2, 0.25) is 0 Å². The fourth-order valence-corrected chi connectivity index (χ4v) is 0.326. The Morgan fingerprint density at radius 2 is 2.57 bits per heavy atom. The number of H-pyrrole nitrogens is 1. The van der Waals surface area contributed by atoms with Crippen LogP contribution >= 0.6 is 0 Å². The van der Waals surface area contributed by atoms with Gasteiger partial charge in [-0.05, 0) is 0 Å². The normalized spacial score (nSPS) is 9.14. The van der Waals surface area contributed by atoms with Gasteiger partial charge in [-0.2, -0.15) is 0 Å². The van der Waals surface area contributed by atoms with Crippen LogP contribution in [-0.2, 0) is 0 Å². The molecule has 0 aliphatic heterocycles. The highest BCUT2D eigenvalue weighted by Gasteiger charge is 1.80. The van der Waals surface area contributed by atoms with Crippen molar-refractivity contribution in [1.82, 2.24) is 9.94 Å². The molecule has 38 valence electrons. The second-order valence-corrected chi connectivity index (χ2v) is 1.14. The molecule has 7 heavy (non-hydrogen) atoms. The number of aromatic nitrogens is 2. The maximum absolute atomic E-state index is 10.1. The monoisotopic (exact) mass is 100 g/mol. The highest BCUT2D eigenvalue weighted by molar-refractivity contribution is 4.76. The van der Waals surface area contributed by atoms with E-state index in [1.165, 1.54) is 12.3 Å². The zero-order valence-corrected chi connectivity index (χ0v) is 3.46. The van der Waals surface area contributed by atoms with Gasteiger partial charge in [0.1, 0.15) is 0 Å². The molecule has 0 saturated heterocycles. The topological polar surface area (TPSA) is 58.0 Å². The van der Waals surface area contributed by atoms with Crippen molar-refractivity contribution in [3.8, 4) is 0 Å². The maximum atomic E-state index is 10.1. The van der Waals surface area contributed by atoms with Crippen LogP contribution in [0.15, 0.2) is 17.1 Å². The highest BCUT2D eigenvalue weighted by atomic mass is 16.5. The standard InChI is InChI=1S/C3H4N2O2/c6-3-1-2-5(7)4-3/h1-2,7H,(H,4,6). The van der Waals surface area contributed by atoms with Crippen LogP contribution in [0, 0.1) is 0 Å². The summed E-state index contributed by atoms with van der Waals surface area (Å²) in [5.74, 6) is 0. The SMILES string of the molecule is O=c1ccn(O)[nH]1. The smallest absolute Gasteiger partial charge is 0.266 e. The van der Waals surface area contributed by atoms with E-state index in [-0.39, 0.29) is 5.56 Å². The van der Waals surface area contributed by atoms with Gasteiger partial charge in [-0.15, -0.1) is 4.85 Å². The number of aromatic amines is 1. The van der Waals surface area contributed by atoms with E-state index >= 15 is 0 Å². The van der Waals surface area contributed by atoms with E-state index in [9.17, 15) is 4.79 Å². The zero-order chi connectivity index (χ0) is 5.28. The van der Waals surface area contributed by atoms with Crippen molar-refractivity contribution in [2.45, 2.75) is 0 Å². The van der Waals surface area contributed by atoms with E-state index in [1.54, 1.807) is 0 Å². The minimum absolute atomic E-state index is 0.303. The summed E-state index contributed by atoms with van der Waals surface area (Å²) < 4.78 is 0. The molecule has 2 N–H and O–H groups in total. The molecule has 0 amide bonds. The summed E-state index contributed by atoms with van der Waals surface area (Å²) in [5.41, 5.74) is -0.303. The van der Waals surface area contributed by atoms with Crippen molar-refractivity contribution in [3.63, 3.8) is 0 Å². The second-order valence-electron chi connectivity index (χ2n) is 1.14. The number of nitrogens with one attached hydrogen (secondary N) is 1. The first kappa shape index (κ1) is 3.98. The van der Waals surface area contributed by atoms with Crippen LogP contribution in [0.1, 0.15) is 0 Å². The molecule has 0 unspecified atom stereocenters. The minimum Gasteiger partial charge on any atom is -0.413 e. The molecule has 0 fully saturated rings. The summed E-state index contributed by atoms with van der Waals surface area (Å²) in [6.45, 7) is 0. The summed E-state index contributed by atoms with van der Waals surface area (Å²) in [7, 11) is 0. The van der Waals surface area contributed by atoms with Crippen molar-refractivity contribution < 1.29 is 5.21 Å². The quantitative estimate of drug-likeness (QED) is 0.428. The predicted octanol–water partition coefficient (Wildman–Crippen LogP) is -0.586. The fourth-order valence-electron chi connectivity index (χ4n) is 0.326. The molecular formula is C3H4N2O2. The Morgan fingerprint density at radius 1 is 1.86 bits per heavy atom. The van der Waals surface area contributed by atoms with Gasteiger partial charge in [-0.25, -0.2) is 5.10 Å². The van der Waals surface area contributed by atoms with Gasteiger partial charge in [-0.3, -0.25) is 4.79 Å². The lowest BCUT2D eigenvalue weighted by molar-refractivity contribution is 0.147. The average Bonchev–Trinajstić information content (AvgIpc) is 1.87. The molecule has 1 aromatic rings. The molecule has 0 spiro atoms. The van der Waals surface area contributed by atoms with E-state index in [4.69, 9.17) is 5.21 Å². The average molecular weight is 100 g/mol. The molecule has 0 aliphatic rings. The van der Waals surface area contributed by atoms with Gasteiger partial charge in [0.25, 0.3) is 5.56 Å². The summed E-state index contributed by atoms with van der Waals surface area (Å²) in [5, 5.41) is 10.4. The van der Waals surface area contributed by atoms with Gasteiger partial charge in [0, 0.05) is 6.07 Å². The molecule has 0 radical (unpaired) electrons. The Bertz CT molecular complexity index is 199. The van der Waals surface area contributed by atoms with Crippen molar-refractivity contribution >= 4 is 0 Å². The Hall–Kier alpha value is -1.19. The molecule has 0 aromatic carbocycles. The molecule has 1 rings (SSSR count). The van der Waals surface area contributed by atoms with E-state index in [0.717, 1.165) is 0 Å². The Morgan fingerprint density at radius 3 is 2.71 bits per heavy atom. The van der Waals surface area contributed by atoms with Gasteiger partial charge in [0.15, 0.2) is 0 Å². The molecule has 0 aliphatic carbocycles. The van der Waals surface area contributed by atoms with Crippen molar-refractivity contribution in [3.05, 3.63) is 22.6 Å². The third-order valence-corrected chi connectivity index (χ3v) is 0.592. The Balaban J connectivity index is 3.30. The molecule has 1 heterocycles. The van der Waals surface area contributed by atoms with Crippen LogP contribution in [0.5, 0.6) is 0 Å². The molecule has 4 heteroatoms. The lowest BCUT2D eigenvalue weighted by atomic mass is 10.7. The van der Waals surface area contributed by atoms with E-state index in [0.29, 0.717) is 4.85 Å². The van der Waals surface area contributed by atoms with Gasteiger partial charge in [0.05, 0.1) is 6.20 Å². The van der Waals surface area contributed by atoms with Crippen LogP contribution in [-0.4, -0.2) is 15.2 Å². The highest BCUT2D eigenvalue weighted by Crippen LogP contribution is 1.64. The van der Waals surface area contributed by atoms with Gasteiger partial charge in [-0.1, -0.05) is 0 Å². The van der Waals surface area contributed by atoms with Gasteiger partial charge < -0.3 is 5.21 Å². The van der Waals surface area contributed by atoms with Crippen molar-refractivity contribution in [2.75, 3.05) is 0 Å². The first-order valence-corrected chi connectivity index (χ1v) is 1.76. The second kappa shape index (κ2) is 1.14. The van der Waals surface area contributed by atoms with E-state index < -0.39 is 0 Å². The van der Waals surface area contributed by atoms with Crippen molar-refractivity contribution in [2.24, 2.45) is 0 Å². The molecule has 0 saturated carbocycles. The summed E-state index contributed by atoms with van der Waals surface area (Å²) >= 11 is 0. The summed E-state index contributed by atoms with van der Waals surface area (Å²) in [6, 6.07) is 1.22. The van der Waals surface area contributed by atoms with Gasteiger partial charge in [0.2, 0.25) is 0 Å². The number of hydrogen-bond donors (Lipinski definition) is 2.